The molecular formula is C14H17ClN2O3. The van der Waals surface area contributed by atoms with Gasteiger partial charge in [-0.25, -0.2) is 4.79 Å². The minimum Gasteiger partial charge on any atom is -0.481 e. The molecule has 1 aromatic rings. The second kappa shape index (κ2) is 5.32. The molecule has 20 heavy (non-hydrogen) atoms. The van der Waals surface area contributed by atoms with E-state index >= 15 is 0 Å². The summed E-state index contributed by atoms with van der Waals surface area (Å²) in [4.78, 5) is 24.8. The highest BCUT2D eigenvalue weighted by Crippen LogP contribution is 2.30. The molecule has 1 aromatic carbocycles. The number of rotatable bonds is 2. The molecule has 2 amide bonds. The summed E-state index contributed by atoms with van der Waals surface area (Å²) in [5, 5.41) is 12.5. The average Bonchev–Trinajstić information content (AvgIpc) is 2.78. The monoisotopic (exact) mass is 296 g/mol. The highest BCUT2D eigenvalue weighted by Gasteiger charge is 2.42. The molecule has 5 nitrogen and oxygen atoms in total. The van der Waals surface area contributed by atoms with Gasteiger partial charge in [0, 0.05) is 23.8 Å². The molecule has 0 aliphatic carbocycles. The van der Waals surface area contributed by atoms with Crippen LogP contribution in [0.25, 0.3) is 0 Å². The molecule has 0 bridgehead atoms. The number of aliphatic carboxylic acids is 1. The molecule has 6 heteroatoms. The van der Waals surface area contributed by atoms with Crippen molar-refractivity contribution in [2.45, 2.75) is 20.3 Å². The molecule has 1 aliphatic rings. The van der Waals surface area contributed by atoms with Gasteiger partial charge in [0.15, 0.2) is 0 Å². The summed E-state index contributed by atoms with van der Waals surface area (Å²) in [5.41, 5.74) is 0.682. The van der Waals surface area contributed by atoms with E-state index in [-0.39, 0.29) is 12.6 Å². The van der Waals surface area contributed by atoms with Gasteiger partial charge in [-0.1, -0.05) is 17.7 Å². The molecule has 1 saturated heterocycles. The second-order valence-electron chi connectivity index (χ2n) is 5.43. The Kier molecular flexibility index (Phi) is 3.90. The lowest BCUT2D eigenvalue weighted by Crippen LogP contribution is -2.37. The fraction of sp³-hybridized carbons (Fsp3) is 0.429. The van der Waals surface area contributed by atoms with Crippen molar-refractivity contribution in [2.75, 3.05) is 18.4 Å². The Labute approximate surface area is 122 Å². The predicted molar refractivity (Wildman–Crippen MR) is 77.1 cm³/mol. The lowest BCUT2D eigenvalue weighted by Gasteiger charge is -2.20. The maximum Gasteiger partial charge on any atom is 0.321 e. The maximum atomic E-state index is 12.1. The fourth-order valence-corrected chi connectivity index (χ4v) is 2.36. The van der Waals surface area contributed by atoms with Gasteiger partial charge in [-0.2, -0.15) is 0 Å². The van der Waals surface area contributed by atoms with E-state index in [0.29, 0.717) is 23.7 Å². The van der Waals surface area contributed by atoms with Crippen LogP contribution in [0.4, 0.5) is 10.5 Å². The number of anilines is 1. The first-order valence-corrected chi connectivity index (χ1v) is 6.75. The Bertz CT molecular complexity index is 561. The number of carbonyl (C=O) groups excluding carboxylic acids is 1. The van der Waals surface area contributed by atoms with Crippen LogP contribution in [-0.4, -0.2) is 35.1 Å². The van der Waals surface area contributed by atoms with E-state index in [4.69, 9.17) is 16.7 Å². The lowest BCUT2D eigenvalue weighted by atomic mass is 9.90. The third-order valence-electron chi connectivity index (χ3n) is 3.70. The molecule has 1 aliphatic heterocycles. The SMILES string of the molecule is Cc1ccc(NC(=O)N2CCC(C)(C(=O)O)C2)cc1Cl. The van der Waals surface area contributed by atoms with Gasteiger partial charge in [0.05, 0.1) is 5.41 Å². The zero-order chi connectivity index (χ0) is 14.9. The van der Waals surface area contributed by atoms with Crippen molar-refractivity contribution in [3.8, 4) is 0 Å². The number of carboxylic acids is 1. The largest absolute Gasteiger partial charge is 0.481 e. The summed E-state index contributed by atoms with van der Waals surface area (Å²) >= 11 is 6.00. The molecule has 1 atom stereocenters. The number of urea groups is 1. The molecule has 0 radical (unpaired) electrons. The van der Waals surface area contributed by atoms with Crippen LogP contribution in [0.5, 0.6) is 0 Å². The number of nitrogens with zero attached hydrogens (tertiary/aromatic N) is 1. The normalized spacial score (nSPS) is 21.9. The molecular weight excluding hydrogens is 280 g/mol. The highest BCUT2D eigenvalue weighted by atomic mass is 35.5. The van der Waals surface area contributed by atoms with Gasteiger partial charge >= 0.3 is 12.0 Å². The summed E-state index contributed by atoms with van der Waals surface area (Å²) in [6.07, 6.45) is 0.463. The van der Waals surface area contributed by atoms with E-state index in [1.165, 1.54) is 4.90 Å². The topological polar surface area (TPSA) is 69.6 Å². The van der Waals surface area contributed by atoms with Gasteiger partial charge in [-0.15, -0.1) is 0 Å². The van der Waals surface area contributed by atoms with E-state index in [0.717, 1.165) is 5.56 Å². The third kappa shape index (κ3) is 2.88. The fourth-order valence-electron chi connectivity index (χ4n) is 2.18. The van der Waals surface area contributed by atoms with E-state index in [1.54, 1.807) is 19.1 Å². The average molecular weight is 297 g/mol. The minimum atomic E-state index is -0.869. The first-order chi connectivity index (χ1) is 9.32. The van der Waals surface area contributed by atoms with Crippen molar-refractivity contribution >= 4 is 29.3 Å². The van der Waals surface area contributed by atoms with Crippen LogP contribution >= 0.6 is 11.6 Å². The zero-order valence-corrected chi connectivity index (χ0v) is 12.2. The number of benzene rings is 1. The molecule has 1 heterocycles. The smallest absolute Gasteiger partial charge is 0.321 e. The standard InChI is InChI=1S/C14H17ClN2O3/c1-9-3-4-10(7-11(9)15)16-13(20)17-6-5-14(2,8-17)12(18)19/h3-4,7H,5-6,8H2,1-2H3,(H,16,20)(H,18,19). The molecule has 0 saturated carbocycles. The van der Waals surface area contributed by atoms with Gasteiger partial charge in [0.25, 0.3) is 0 Å². The van der Waals surface area contributed by atoms with Crippen LogP contribution < -0.4 is 5.32 Å². The van der Waals surface area contributed by atoms with Crippen molar-refractivity contribution < 1.29 is 14.7 Å². The van der Waals surface area contributed by atoms with Crippen molar-refractivity contribution in [3.63, 3.8) is 0 Å². The third-order valence-corrected chi connectivity index (χ3v) is 4.11. The Morgan fingerprint density at radius 2 is 2.15 bits per heavy atom. The molecule has 108 valence electrons. The number of hydrogen-bond acceptors (Lipinski definition) is 2. The Morgan fingerprint density at radius 1 is 1.45 bits per heavy atom. The molecule has 1 fully saturated rings. The number of amides is 2. The van der Waals surface area contributed by atoms with Crippen LogP contribution in [0.1, 0.15) is 18.9 Å². The summed E-state index contributed by atoms with van der Waals surface area (Å²) in [6, 6.07) is 4.98. The summed E-state index contributed by atoms with van der Waals surface area (Å²) in [5.74, 6) is -0.869. The van der Waals surface area contributed by atoms with Crippen LogP contribution in [0.15, 0.2) is 18.2 Å². The Morgan fingerprint density at radius 3 is 2.70 bits per heavy atom. The number of aryl methyl sites for hydroxylation is 1. The number of nitrogens with one attached hydrogen (secondary N) is 1. The maximum absolute atomic E-state index is 12.1. The summed E-state index contributed by atoms with van der Waals surface area (Å²) in [7, 11) is 0. The number of likely N-dealkylation sites (tertiary alicyclic amines) is 1. The number of carboxylic acid groups (broad SMARTS) is 1. The van der Waals surface area contributed by atoms with Gasteiger partial charge in [0.1, 0.15) is 0 Å². The molecule has 1 unspecified atom stereocenters. The van der Waals surface area contributed by atoms with Gasteiger partial charge in [-0.05, 0) is 38.0 Å². The van der Waals surface area contributed by atoms with Gasteiger partial charge in [-0.3, -0.25) is 4.79 Å². The lowest BCUT2D eigenvalue weighted by molar-refractivity contribution is -0.146. The van der Waals surface area contributed by atoms with Crippen LogP contribution in [0.2, 0.25) is 5.02 Å². The minimum absolute atomic E-state index is 0.216. The quantitative estimate of drug-likeness (QED) is 0.881. The van der Waals surface area contributed by atoms with E-state index < -0.39 is 11.4 Å². The first kappa shape index (κ1) is 14.7. The van der Waals surface area contributed by atoms with Crippen LogP contribution in [-0.2, 0) is 4.79 Å². The molecule has 0 spiro atoms. The summed E-state index contributed by atoms with van der Waals surface area (Å²) < 4.78 is 0. The molecule has 2 N–H and O–H groups in total. The van der Waals surface area contributed by atoms with E-state index in [9.17, 15) is 9.59 Å². The van der Waals surface area contributed by atoms with Crippen molar-refractivity contribution in [2.24, 2.45) is 5.41 Å². The van der Waals surface area contributed by atoms with Crippen LogP contribution in [0.3, 0.4) is 0 Å². The number of hydrogen-bond donors (Lipinski definition) is 2. The second-order valence-corrected chi connectivity index (χ2v) is 5.84. The predicted octanol–water partition coefficient (Wildman–Crippen LogP) is 2.98. The van der Waals surface area contributed by atoms with Crippen molar-refractivity contribution in [1.82, 2.24) is 4.90 Å². The van der Waals surface area contributed by atoms with E-state index in [2.05, 4.69) is 5.32 Å². The number of halogens is 1. The molecule has 2 rings (SSSR count). The van der Waals surface area contributed by atoms with Crippen LogP contribution in [0, 0.1) is 12.3 Å². The van der Waals surface area contributed by atoms with Gasteiger partial charge < -0.3 is 15.3 Å². The highest BCUT2D eigenvalue weighted by molar-refractivity contribution is 6.31. The Balaban J connectivity index is 2.03. The molecule has 0 aromatic heterocycles. The van der Waals surface area contributed by atoms with Gasteiger partial charge in [0.2, 0.25) is 0 Å². The summed E-state index contributed by atoms with van der Waals surface area (Å²) in [6.45, 7) is 4.19. The zero-order valence-electron chi connectivity index (χ0n) is 11.4. The number of carbonyl (C=O) groups is 2. The van der Waals surface area contributed by atoms with E-state index in [1.807, 2.05) is 13.0 Å². The first-order valence-electron chi connectivity index (χ1n) is 6.37. The van der Waals surface area contributed by atoms with Crippen molar-refractivity contribution in [1.29, 1.82) is 0 Å². The van der Waals surface area contributed by atoms with Crippen molar-refractivity contribution in [3.05, 3.63) is 28.8 Å². The Hall–Kier alpha value is -1.75.